The first kappa shape index (κ1) is 11.6. The molecule has 0 fully saturated rings. The summed E-state index contributed by atoms with van der Waals surface area (Å²) in [5.74, 6) is 0. The van der Waals surface area contributed by atoms with Crippen LogP contribution in [0.5, 0.6) is 0 Å². The van der Waals surface area contributed by atoms with Gasteiger partial charge in [0.25, 0.3) is 0 Å². The van der Waals surface area contributed by atoms with Crippen molar-refractivity contribution in [2.24, 2.45) is 0 Å². The number of hydrogen-bond acceptors (Lipinski definition) is 3. The first-order valence-corrected chi connectivity index (χ1v) is 4.11. The minimum atomic E-state index is -0.279. The number of hydrogen-bond donors (Lipinski definition) is 1. The van der Waals surface area contributed by atoms with Gasteiger partial charge >= 0.3 is 0 Å². The van der Waals surface area contributed by atoms with Gasteiger partial charge in [-0.1, -0.05) is 6.08 Å². The fourth-order valence-electron chi connectivity index (χ4n) is 0.830. The predicted octanol–water partition coefficient (Wildman–Crippen LogP) is 1.32. The topological polar surface area (TPSA) is 38.7 Å². The Kier molecular flexibility index (Phi) is 7.05. The van der Waals surface area contributed by atoms with Crippen LogP contribution < -0.4 is 0 Å². The molecule has 2 atom stereocenters. The van der Waals surface area contributed by atoms with Gasteiger partial charge in [0.2, 0.25) is 0 Å². The molecule has 0 spiro atoms. The molecule has 3 nitrogen and oxygen atoms in total. The van der Waals surface area contributed by atoms with Crippen LogP contribution in [0.15, 0.2) is 12.7 Å². The Balaban J connectivity index is 3.46. The Morgan fingerprint density at radius 2 is 2.17 bits per heavy atom. The van der Waals surface area contributed by atoms with Crippen LogP contribution in [0.4, 0.5) is 0 Å². The zero-order chi connectivity index (χ0) is 9.40. The Morgan fingerprint density at radius 3 is 2.58 bits per heavy atom. The van der Waals surface area contributed by atoms with Crippen LogP contribution in [0.3, 0.4) is 0 Å². The van der Waals surface area contributed by atoms with Crippen molar-refractivity contribution in [3.05, 3.63) is 12.7 Å². The summed E-state index contributed by atoms with van der Waals surface area (Å²) in [5, 5.41) is 9.00. The molecular formula is C9H18O3. The molecule has 0 saturated carbocycles. The highest BCUT2D eigenvalue weighted by molar-refractivity contribution is 4.79. The first-order valence-electron chi connectivity index (χ1n) is 4.11. The second-order valence-electron chi connectivity index (χ2n) is 2.77. The summed E-state index contributed by atoms with van der Waals surface area (Å²) in [5.41, 5.74) is 0. The Hall–Kier alpha value is -0.380. The molecule has 0 bridgehead atoms. The summed E-state index contributed by atoms with van der Waals surface area (Å²) in [6.45, 7) is 5.66. The molecule has 0 aliphatic heterocycles. The van der Waals surface area contributed by atoms with Gasteiger partial charge in [0, 0.05) is 7.11 Å². The zero-order valence-corrected chi connectivity index (χ0v) is 7.82. The van der Waals surface area contributed by atoms with E-state index < -0.39 is 0 Å². The SMILES string of the molecule is C=C[C@H](CC[C@H](C)O)OCOC. The lowest BCUT2D eigenvalue weighted by Crippen LogP contribution is -2.14. The molecular weight excluding hydrogens is 156 g/mol. The molecule has 0 aromatic carbocycles. The van der Waals surface area contributed by atoms with Crippen molar-refractivity contribution in [3.63, 3.8) is 0 Å². The van der Waals surface area contributed by atoms with Crippen molar-refractivity contribution < 1.29 is 14.6 Å². The van der Waals surface area contributed by atoms with Crippen LogP contribution in [0.25, 0.3) is 0 Å². The summed E-state index contributed by atoms with van der Waals surface area (Å²) < 4.78 is 9.99. The van der Waals surface area contributed by atoms with Crippen LogP contribution in [0.1, 0.15) is 19.8 Å². The molecule has 3 heteroatoms. The van der Waals surface area contributed by atoms with E-state index >= 15 is 0 Å². The van der Waals surface area contributed by atoms with Crippen molar-refractivity contribution >= 4 is 0 Å². The fraction of sp³-hybridized carbons (Fsp3) is 0.778. The minimum absolute atomic E-state index is 0.0143. The van der Waals surface area contributed by atoms with Gasteiger partial charge in [0.05, 0.1) is 12.2 Å². The molecule has 0 rings (SSSR count). The normalized spacial score (nSPS) is 15.6. The van der Waals surface area contributed by atoms with Gasteiger partial charge in [0.1, 0.15) is 6.79 Å². The quantitative estimate of drug-likeness (QED) is 0.467. The molecule has 72 valence electrons. The standard InChI is InChI=1S/C9H18O3/c1-4-9(12-7-11-3)6-5-8(2)10/h4,8-10H,1,5-7H2,2-3H3/t8-,9+/m0/s1. The molecule has 0 radical (unpaired) electrons. The Morgan fingerprint density at radius 1 is 1.50 bits per heavy atom. The molecule has 12 heavy (non-hydrogen) atoms. The maximum atomic E-state index is 9.00. The van der Waals surface area contributed by atoms with Crippen molar-refractivity contribution in [2.75, 3.05) is 13.9 Å². The van der Waals surface area contributed by atoms with E-state index in [1.54, 1.807) is 20.1 Å². The van der Waals surface area contributed by atoms with E-state index in [9.17, 15) is 0 Å². The van der Waals surface area contributed by atoms with Gasteiger partial charge in [-0.15, -0.1) is 6.58 Å². The minimum Gasteiger partial charge on any atom is -0.393 e. The van der Waals surface area contributed by atoms with E-state index in [4.69, 9.17) is 14.6 Å². The summed E-state index contributed by atoms with van der Waals surface area (Å²) in [6.07, 6.45) is 2.94. The number of aliphatic hydroxyl groups excluding tert-OH is 1. The third kappa shape index (κ3) is 6.34. The van der Waals surface area contributed by atoms with Gasteiger partial charge < -0.3 is 14.6 Å². The number of rotatable bonds is 7. The van der Waals surface area contributed by atoms with Crippen LogP contribution in [-0.2, 0) is 9.47 Å². The van der Waals surface area contributed by atoms with Gasteiger partial charge in [-0.2, -0.15) is 0 Å². The highest BCUT2D eigenvalue weighted by Crippen LogP contribution is 2.05. The largest absolute Gasteiger partial charge is 0.393 e. The summed E-state index contributed by atoms with van der Waals surface area (Å²) in [4.78, 5) is 0. The maximum Gasteiger partial charge on any atom is 0.147 e. The van der Waals surface area contributed by atoms with E-state index in [0.717, 1.165) is 12.8 Å². The molecule has 0 saturated heterocycles. The van der Waals surface area contributed by atoms with Crippen molar-refractivity contribution in [1.29, 1.82) is 0 Å². The van der Waals surface area contributed by atoms with Crippen LogP contribution in [-0.4, -0.2) is 31.2 Å². The van der Waals surface area contributed by atoms with Gasteiger partial charge in [-0.05, 0) is 19.8 Å². The van der Waals surface area contributed by atoms with E-state index in [-0.39, 0.29) is 19.0 Å². The molecule has 0 aromatic rings. The molecule has 0 aromatic heterocycles. The van der Waals surface area contributed by atoms with Crippen LogP contribution in [0, 0.1) is 0 Å². The molecule has 0 aliphatic rings. The van der Waals surface area contributed by atoms with E-state index in [0.29, 0.717) is 0 Å². The van der Waals surface area contributed by atoms with E-state index in [2.05, 4.69) is 6.58 Å². The van der Waals surface area contributed by atoms with Gasteiger partial charge in [-0.3, -0.25) is 0 Å². The molecule has 0 aliphatic carbocycles. The lowest BCUT2D eigenvalue weighted by Gasteiger charge is -2.13. The van der Waals surface area contributed by atoms with Crippen LogP contribution >= 0.6 is 0 Å². The average molecular weight is 174 g/mol. The number of aliphatic hydroxyl groups is 1. The summed E-state index contributed by atoms with van der Waals surface area (Å²) >= 11 is 0. The molecule has 0 unspecified atom stereocenters. The van der Waals surface area contributed by atoms with Gasteiger partial charge in [0.15, 0.2) is 0 Å². The van der Waals surface area contributed by atoms with E-state index in [1.165, 1.54) is 0 Å². The second-order valence-corrected chi connectivity index (χ2v) is 2.77. The Bertz CT molecular complexity index is 112. The molecule has 1 N–H and O–H groups in total. The van der Waals surface area contributed by atoms with Crippen molar-refractivity contribution in [2.45, 2.75) is 32.0 Å². The summed E-state index contributed by atoms with van der Waals surface area (Å²) in [6, 6.07) is 0. The summed E-state index contributed by atoms with van der Waals surface area (Å²) in [7, 11) is 1.58. The lowest BCUT2D eigenvalue weighted by atomic mass is 10.1. The van der Waals surface area contributed by atoms with E-state index in [1.807, 2.05) is 0 Å². The third-order valence-corrected chi connectivity index (χ3v) is 1.53. The van der Waals surface area contributed by atoms with Crippen molar-refractivity contribution in [1.82, 2.24) is 0 Å². The smallest absolute Gasteiger partial charge is 0.147 e. The zero-order valence-electron chi connectivity index (χ0n) is 7.82. The monoisotopic (exact) mass is 174 g/mol. The highest BCUT2D eigenvalue weighted by Gasteiger charge is 2.05. The molecule has 0 heterocycles. The number of methoxy groups -OCH3 is 1. The second kappa shape index (κ2) is 7.28. The van der Waals surface area contributed by atoms with Crippen molar-refractivity contribution in [3.8, 4) is 0 Å². The lowest BCUT2D eigenvalue weighted by molar-refractivity contribution is -0.0599. The molecule has 0 amide bonds. The first-order chi connectivity index (χ1) is 5.70. The average Bonchev–Trinajstić information content (AvgIpc) is 2.05. The third-order valence-electron chi connectivity index (χ3n) is 1.53. The highest BCUT2D eigenvalue weighted by atomic mass is 16.7. The number of ether oxygens (including phenoxy) is 2. The van der Waals surface area contributed by atoms with Gasteiger partial charge in [-0.25, -0.2) is 0 Å². The maximum absolute atomic E-state index is 9.00. The predicted molar refractivity (Wildman–Crippen MR) is 47.9 cm³/mol. The van der Waals surface area contributed by atoms with Crippen LogP contribution in [0.2, 0.25) is 0 Å². The fourth-order valence-corrected chi connectivity index (χ4v) is 0.830. The Labute approximate surface area is 74.0 Å².